The zero-order valence-corrected chi connectivity index (χ0v) is 19.2. The van der Waals surface area contributed by atoms with E-state index in [9.17, 15) is 9.59 Å². The van der Waals surface area contributed by atoms with Crippen molar-refractivity contribution in [3.8, 4) is 11.5 Å². The molecule has 2 amide bonds. The number of methoxy groups -OCH3 is 2. The average molecular weight is 456 g/mol. The van der Waals surface area contributed by atoms with Gasteiger partial charge in [0.2, 0.25) is 0 Å². The van der Waals surface area contributed by atoms with Gasteiger partial charge in [-0.25, -0.2) is 4.90 Å². The summed E-state index contributed by atoms with van der Waals surface area (Å²) >= 11 is 6.20. The molecule has 2 heterocycles. The molecule has 8 heteroatoms. The molecule has 2 aliphatic heterocycles. The van der Waals surface area contributed by atoms with Crippen molar-refractivity contribution in [1.82, 2.24) is 9.80 Å². The number of piperazine rings is 1. The number of carbonyl (C=O) groups excluding carboxylic acids is 2. The molecule has 2 aliphatic rings. The quantitative estimate of drug-likeness (QED) is 0.623. The molecule has 0 unspecified atom stereocenters. The molecule has 0 atom stereocenters. The summed E-state index contributed by atoms with van der Waals surface area (Å²) in [5.41, 5.74) is 1.80. The highest BCUT2D eigenvalue weighted by atomic mass is 35.5. The number of hydrogen-bond acceptors (Lipinski definition) is 6. The van der Waals surface area contributed by atoms with Gasteiger partial charge in [-0.05, 0) is 42.4 Å². The number of likely N-dealkylation sites (N-methyl/N-ethyl adjacent to an activating group) is 1. The fourth-order valence-electron chi connectivity index (χ4n) is 4.17. The van der Waals surface area contributed by atoms with Gasteiger partial charge in [0.1, 0.15) is 17.2 Å². The lowest BCUT2D eigenvalue weighted by Gasteiger charge is -2.36. The number of carbonyl (C=O) groups is 2. The number of rotatable bonds is 6. The van der Waals surface area contributed by atoms with Gasteiger partial charge in [0.15, 0.2) is 0 Å². The van der Waals surface area contributed by atoms with Gasteiger partial charge in [0.05, 0.1) is 25.5 Å². The summed E-state index contributed by atoms with van der Waals surface area (Å²) in [7, 11) is 3.09. The maximum Gasteiger partial charge on any atom is 0.282 e. The van der Waals surface area contributed by atoms with E-state index in [2.05, 4.69) is 11.8 Å². The summed E-state index contributed by atoms with van der Waals surface area (Å²) in [6.45, 7) is 6.08. The first-order valence-corrected chi connectivity index (χ1v) is 10.9. The highest BCUT2D eigenvalue weighted by Crippen LogP contribution is 2.40. The third kappa shape index (κ3) is 3.94. The second kappa shape index (κ2) is 9.22. The number of benzene rings is 2. The van der Waals surface area contributed by atoms with Crippen molar-refractivity contribution < 1.29 is 19.1 Å². The van der Waals surface area contributed by atoms with E-state index >= 15 is 0 Å². The van der Waals surface area contributed by atoms with Crippen LogP contribution in [0.2, 0.25) is 5.02 Å². The molecule has 7 nitrogen and oxygen atoms in total. The van der Waals surface area contributed by atoms with Crippen LogP contribution in [0.5, 0.6) is 11.5 Å². The Kier molecular flexibility index (Phi) is 6.39. The minimum absolute atomic E-state index is 0.336. The Labute approximate surface area is 192 Å². The molecule has 168 valence electrons. The largest absolute Gasteiger partial charge is 0.497 e. The van der Waals surface area contributed by atoms with Gasteiger partial charge in [-0.3, -0.25) is 9.59 Å². The second-order valence-corrected chi connectivity index (χ2v) is 8.07. The Morgan fingerprint density at radius 3 is 2.19 bits per heavy atom. The van der Waals surface area contributed by atoms with Crippen molar-refractivity contribution in [3.63, 3.8) is 0 Å². The Morgan fingerprint density at radius 1 is 0.906 bits per heavy atom. The van der Waals surface area contributed by atoms with E-state index < -0.39 is 5.91 Å². The molecular weight excluding hydrogens is 430 g/mol. The van der Waals surface area contributed by atoms with E-state index in [4.69, 9.17) is 21.1 Å². The molecule has 0 aliphatic carbocycles. The van der Waals surface area contributed by atoms with Gasteiger partial charge in [-0.15, -0.1) is 0 Å². The van der Waals surface area contributed by atoms with E-state index in [1.165, 1.54) is 12.0 Å². The summed E-state index contributed by atoms with van der Waals surface area (Å²) in [6.07, 6.45) is 0. The van der Waals surface area contributed by atoms with Gasteiger partial charge >= 0.3 is 0 Å². The molecule has 0 radical (unpaired) electrons. The van der Waals surface area contributed by atoms with Gasteiger partial charge in [0, 0.05) is 31.2 Å². The molecule has 0 saturated carbocycles. The monoisotopic (exact) mass is 455 g/mol. The molecule has 4 rings (SSSR count). The molecule has 32 heavy (non-hydrogen) atoms. The molecule has 1 fully saturated rings. The number of nitrogens with zero attached hydrogens (tertiary/aromatic N) is 3. The normalized spacial score (nSPS) is 17.4. The summed E-state index contributed by atoms with van der Waals surface area (Å²) in [5, 5.41) is 0.414. The third-order valence-corrected chi connectivity index (χ3v) is 6.19. The van der Waals surface area contributed by atoms with Gasteiger partial charge in [0.25, 0.3) is 11.8 Å². The number of imide groups is 1. The van der Waals surface area contributed by atoms with Crippen LogP contribution in [0.4, 0.5) is 5.69 Å². The average Bonchev–Trinajstić information content (AvgIpc) is 3.08. The molecule has 0 bridgehead atoms. The lowest BCUT2D eigenvalue weighted by atomic mass is 10.0. The first kappa shape index (κ1) is 22.2. The number of ether oxygens (including phenoxy) is 2. The Bertz CT molecular complexity index is 1060. The number of anilines is 1. The topological polar surface area (TPSA) is 62.3 Å². The van der Waals surface area contributed by atoms with Crippen LogP contribution in [-0.2, 0) is 9.59 Å². The summed E-state index contributed by atoms with van der Waals surface area (Å²) in [4.78, 5) is 32.9. The van der Waals surface area contributed by atoms with Gasteiger partial charge in [-0.2, -0.15) is 0 Å². The zero-order chi connectivity index (χ0) is 22.8. The highest BCUT2D eigenvalue weighted by molar-refractivity contribution is 6.46. The predicted molar refractivity (Wildman–Crippen MR) is 124 cm³/mol. The zero-order valence-electron chi connectivity index (χ0n) is 18.4. The molecule has 2 aromatic rings. The van der Waals surface area contributed by atoms with Crippen LogP contribution in [-0.4, -0.2) is 68.6 Å². The first-order valence-electron chi connectivity index (χ1n) is 10.6. The predicted octanol–water partition coefficient (Wildman–Crippen LogP) is 3.28. The van der Waals surface area contributed by atoms with Crippen LogP contribution < -0.4 is 14.4 Å². The van der Waals surface area contributed by atoms with Crippen LogP contribution in [0, 0.1) is 0 Å². The lowest BCUT2D eigenvalue weighted by Crippen LogP contribution is -2.47. The molecule has 2 aromatic carbocycles. The molecule has 0 N–H and O–H groups in total. The van der Waals surface area contributed by atoms with Crippen molar-refractivity contribution in [1.29, 1.82) is 0 Å². The first-order chi connectivity index (χ1) is 15.5. The fourth-order valence-corrected chi connectivity index (χ4v) is 4.34. The maximum absolute atomic E-state index is 13.7. The minimum atomic E-state index is -0.395. The lowest BCUT2D eigenvalue weighted by molar-refractivity contribution is -0.120. The van der Waals surface area contributed by atoms with Crippen LogP contribution in [0.1, 0.15) is 12.5 Å². The van der Waals surface area contributed by atoms with Crippen LogP contribution in [0.15, 0.2) is 48.2 Å². The maximum atomic E-state index is 13.7. The molecule has 0 spiro atoms. The Hall–Kier alpha value is -3.03. The van der Waals surface area contributed by atoms with E-state index in [0.29, 0.717) is 52.1 Å². The summed E-state index contributed by atoms with van der Waals surface area (Å²) in [5.74, 6) is 0.319. The van der Waals surface area contributed by atoms with Crippen molar-refractivity contribution in [2.75, 3.05) is 51.8 Å². The number of halogens is 1. The number of amides is 2. The fraction of sp³-hybridized carbons (Fsp3) is 0.333. The summed E-state index contributed by atoms with van der Waals surface area (Å²) < 4.78 is 10.7. The SMILES string of the molecule is CCN1CCN(C2=C(c3ccc(OC)cc3)C(=O)N(c3cc(Cl)ccc3OC)C2=O)CC1. The standard InChI is InChI=1S/C24H26ClN3O4/c1-4-26-11-13-27(14-12-26)22-21(16-5-8-18(31-2)9-6-16)23(29)28(24(22)30)19-15-17(25)7-10-20(19)32-3/h5-10,15H,4,11-14H2,1-3H3. The van der Waals surface area contributed by atoms with Crippen molar-refractivity contribution in [3.05, 3.63) is 58.7 Å². The van der Waals surface area contributed by atoms with Gasteiger partial charge in [-0.1, -0.05) is 30.7 Å². The van der Waals surface area contributed by atoms with Crippen LogP contribution in [0.3, 0.4) is 0 Å². The van der Waals surface area contributed by atoms with E-state index in [-0.39, 0.29) is 5.91 Å². The van der Waals surface area contributed by atoms with Gasteiger partial charge < -0.3 is 19.3 Å². The van der Waals surface area contributed by atoms with Crippen molar-refractivity contribution >= 4 is 34.7 Å². The molecule has 1 saturated heterocycles. The van der Waals surface area contributed by atoms with Crippen LogP contribution >= 0.6 is 11.6 Å². The molecule has 0 aromatic heterocycles. The Morgan fingerprint density at radius 2 is 1.59 bits per heavy atom. The van der Waals surface area contributed by atoms with Crippen molar-refractivity contribution in [2.24, 2.45) is 0 Å². The smallest absolute Gasteiger partial charge is 0.282 e. The number of hydrogen-bond donors (Lipinski definition) is 0. The van der Waals surface area contributed by atoms with E-state index in [1.54, 1.807) is 49.6 Å². The Balaban J connectivity index is 1.81. The van der Waals surface area contributed by atoms with E-state index in [0.717, 1.165) is 19.6 Å². The van der Waals surface area contributed by atoms with Crippen molar-refractivity contribution in [2.45, 2.75) is 6.92 Å². The minimum Gasteiger partial charge on any atom is -0.497 e. The third-order valence-electron chi connectivity index (χ3n) is 5.96. The molecular formula is C24H26ClN3O4. The van der Waals surface area contributed by atoms with Crippen LogP contribution in [0.25, 0.3) is 5.57 Å². The summed E-state index contributed by atoms with van der Waals surface area (Å²) in [6, 6.07) is 12.1. The highest BCUT2D eigenvalue weighted by Gasteiger charge is 2.44. The van der Waals surface area contributed by atoms with E-state index in [1.807, 2.05) is 4.90 Å². The second-order valence-electron chi connectivity index (χ2n) is 7.64.